The number of aliphatic hydroxyl groups excluding tert-OH is 1. The van der Waals surface area contributed by atoms with E-state index in [2.05, 4.69) is 5.32 Å². The number of likely N-dealkylation sites (tertiary alicyclic amines) is 1. The second-order valence-electron chi connectivity index (χ2n) is 5.82. The Bertz CT molecular complexity index is 502. The molecule has 5 heteroatoms. The van der Waals surface area contributed by atoms with Crippen LogP contribution in [0.15, 0.2) is 18.2 Å². The molecule has 0 aromatic heterocycles. The Balaban J connectivity index is 1.99. The van der Waals surface area contributed by atoms with Crippen molar-refractivity contribution in [1.82, 2.24) is 4.90 Å². The highest BCUT2D eigenvalue weighted by atomic mass is 16.5. The molecule has 2 amide bonds. The topological polar surface area (TPSA) is 61.8 Å². The summed E-state index contributed by atoms with van der Waals surface area (Å²) >= 11 is 0. The molecule has 1 aliphatic heterocycles. The van der Waals surface area contributed by atoms with Crippen LogP contribution in [0.1, 0.15) is 32.3 Å². The quantitative estimate of drug-likeness (QED) is 0.900. The third kappa shape index (κ3) is 4.36. The Labute approximate surface area is 125 Å². The molecule has 0 aliphatic carbocycles. The van der Waals surface area contributed by atoms with Crippen LogP contribution in [0.4, 0.5) is 10.5 Å². The van der Waals surface area contributed by atoms with Crippen LogP contribution >= 0.6 is 0 Å². The number of anilines is 1. The van der Waals surface area contributed by atoms with Gasteiger partial charge in [-0.15, -0.1) is 0 Å². The Morgan fingerprint density at radius 3 is 2.86 bits per heavy atom. The fourth-order valence-corrected chi connectivity index (χ4v) is 2.46. The SMILES string of the molecule is Cc1cc(NC(=O)N2CCCC(O)C2)ccc1OC(C)C. The maximum absolute atomic E-state index is 12.2. The minimum atomic E-state index is -0.409. The summed E-state index contributed by atoms with van der Waals surface area (Å²) in [5, 5.41) is 12.5. The van der Waals surface area contributed by atoms with Crippen molar-refractivity contribution >= 4 is 11.7 Å². The van der Waals surface area contributed by atoms with Gasteiger partial charge in [0.05, 0.1) is 12.2 Å². The number of carbonyl (C=O) groups is 1. The molecule has 1 aromatic rings. The van der Waals surface area contributed by atoms with Crippen molar-refractivity contribution in [2.45, 2.75) is 45.8 Å². The molecule has 0 saturated carbocycles. The summed E-state index contributed by atoms with van der Waals surface area (Å²) < 4.78 is 5.68. The number of hydrogen-bond donors (Lipinski definition) is 2. The van der Waals surface area contributed by atoms with Crippen molar-refractivity contribution in [3.05, 3.63) is 23.8 Å². The van der Waals surface area contributed by atoms with Gasteiger partial charge >= 0.3 is 6.03 Å². The smallest absolute Gasteiger partial charge is 0.321 e. The molecule has 2 rings (SSSR count). The van der Waals surface area contributed by atoms with Crippen LogP contribution in [0, 0.1) is 6.92 Å². The number of rotatable bonds is 3. The average molecular weight is 292 g/mol. The molecule has 1 unspecified atom stereocenters. The first-order chi connectivity index (χ1) is 9.95. The summed E-state index contributed by atoms with van der Waals surface area (Å²) in [4.78, 5) is 13.8. The lowest BCUT2D eigenvalue weighted by Crippen LogP contribution is -2.44. The zero-order chi connectivity index (χ0) is 15.4. The highest BCUT2D eigenvalue weighted by Crippen LogP contribution is 2.23. The van der Waals surface area contributed by atoms with Gasteiger partial charge < -0.3 is 20.1 Å². The van der Waals surface area contributed by atoms with Gasteiger partial charge in [0, 0.05) is 18.8 Å². The number of β-amino-alcohol motifs (C(OH)–C–C–N with tert-alkyl or cyclic N) is 1. The van der Waals surface area contributed by atoms with E-state index in [-0.39, 0.29) is 12.1 Å². The van der Waals surface area contributed by atoms with E-state index in [0.717, 1.165) is 29.8 Å². The van der Waals surface area contributed by atoms with E-state index in [1.54, 1.807) is 4.90 Å². The summed E-state index contributed by atoms with van der Waals surface area (Å²) in [6.45, 7) is 7.02. The molecule has 1 fully saturated rings. The fourth-order valence-electron chi connectivity index (χ4n) is 2.46. The Morgan fingerprint density at radius 1 is 1.48 bits per heavy atom. The van der Waals surface area contributed by atoms with Gasteiger partial charge in [-0.05, 0) is 57.4 Å². The first-order valence-corrected chi connectivity index (χ1v) is 7.47. The first kappa shape index (κ1) is 15.6. The monoisotopic (exact) mass is 292 g/mol. The third-order valence-electron chi connectivity index (χ3n) is 3.47. The van der Waals surface area contributed by atoms with Gasteiger partial charge in [0.25, 0.3) is 0 Å². The third-order valence-corrected chi connectivity index (χ3v) is 3.47. The second kappa shape index (κ2) is 6.80. The number of hydrogen-bond acceptors (Lipinski definition) is 3. The summed E-state index contributed by atoms with van der Waals surface area (Å²) in [6.07, 6.45) is 1.32. The molecule has 1 atom stereocenters. The predicted octanol–water partition coefficient (Wildman–Crippen LogP) is 2.77. The van der Waals surface area contributed by atoms with E-state index in [4.69, 9.17) is 4.74 Å². The van der Waals surface area contributed by atoms with Crippen LogP contribution in [-0.2, 0) is 0 Å². The molecule has 21 heavy (non-hydrogen) atoms. The van der Waals surface area contributed by atoms with Crippen molar-refractivity contribution in [2.75, 3.05) is 18.4 Å². The van der Waals surface area contributed by atoms with Crippen LogP contribution in [0.2, 0.25) is 0 Å². The highest BCUT2D eigenvalue weighted by molar-refractivity contribution is 5.89. The van der Waals surface area contributed by atoms with E-state index >= 15 is 0 Å². The van der Waals surface area contributed by atoms with E-state index < -0.39 is 6.10 Å². The van der Waals surface area contributed by atoms with Crippen LogP contribution in [-0.4, -0.2) is 41.3 Å². The zero-order valence-corrected chi connectivity index (χ0v) is 12.9. The summed E-state index contributed by atoms with van der Waals surface area (Å²) in [7, 11) is 0. The highest BCUT2D eigenvalue weighted by Gasteiger charge is 2.22. The van der Waals surface area contributed by atoms with Gasteiger partial charge in [-0.3, -0.25) is 0 Å². The zero-order valence-electron chi connectivity index (χ0n) is 12.9. The normalized spacial score (nSPS) is 18.7. The molecular formula is C16H24N2O3. The molecule has 5 nitrogen and oxygen atoms in total. The van der Waals surface area contributed by atoms with Crippen molar-refractivity contribution in [1.29, 1.82) is 0 Å². The van der Waals surface area contributed by atoms with Crippen LogP contribution < -0.4 is 10.1 Å². The van der Waals surface area contributed by atoms with Gasteiger partial charge in [0.15, 0.2) is 0 Å². The number of ether oxygens (including phenoxy) is 1. The molecule has 2 N–H and O–H groups in total. The molecule has 1 saturated heterocycles. The predicted molar refractivity (Wildman–Crippen MR) is 82.8 cm³/mol. The Hall–Kier alpha value is -1.75. The number of aryl methyl sites for hydroxylation is 1. The molecule has 0 spiro atoms. The standard InChI is InChI=1S/C16H24N2O3/c1-11(2)21-15-7-6-13(9-12(15)3)17-16(20)18-8-4-5-14(19)10-18/h6-7,9,11,14,19H,4-5,8,10H2,1-3H3,(H,17,20). The first-order valence-electron chi connectivity index (χ1n) is 7.47. The van der Waals surface area contributed by atoms with E-state index in [1.807, 2.05) is 39.0 Å². The van der Waals surface area contributed by atoms with Crippen LogP contribution in [0.3, 0.4) is 0 Å². The van der Waals surface area contributed by atoms with Gasteiger partial charge in [0.2, 0.25) is 0 Å². The average Bonchev–Trinajstić information content (AvgIpc) is 2.41. The maximum Gasteiger partial charge on any atom is 0.321 e. The number of urea groups is 1. The summed E-state index contributed by atoms with van der Waals surface area (Å²) in [5.74, 6) is 0.830. The van der Waals surface area contributed by atoms with Crippen LogP contribution in [0.5, 0.6) is 5.75 Å². The summed E-state index contributed by atoms with van der Waals surface area (Å²) in [5.41, 5.74) is 1.73. The number of benzene rings is 1. The Kier molecular flexibility index (Phi) is 5.07. The molecule has 116 valence electrons. The molecule has 1 heterocycles. The number of nitrogens with zero attached hydrogens (tertiary/aromatic N) is 1. The van der Waals surface area contributed by atoms with Crippen LogP contribution in [0.25, 0.3) is 0 Å². The van der Waals surface area contributed by atoms with Gasteiger partial charge in [-0.25, -0.2) is 4.79 Å². The minimum absolute atomic E-state index is 0.124. The van der Waals surface area contributed by atoms with Crippen molar-refractivity contribution in [3.8, 4) is 5.75 Å². The number of amides is 2. The van der Waals surface area contributed by atoms with Gasteiger partial charge in [-0.2, -0.15) is 0 Å². The van der Waals surface area contributed by atoms with Crippen molar-refractivity contribution < 1.29 is 14.6 Å². The largest absolute Gasteiger partial charge is 0.491 e. The lowest BCUT2D eigenvalue weighted by molar-refractivity contribution is 0.0883. The van der Waals surface area contributed by atoms with E-state index in [9.17, 15) is 9.90 Å². The number of aliphatic hydroxyl groups is 1. The fraction of sp³-hybridized carbons (Fsp3) is 0.562. The second-order valence-corrected chi connectivity index (χ2v) is 5.82. The van der Waals surface area contributed by atoms with Gasteiger partial charge in [-0.1, -0.05) is 0 Å². The number of piperidine rings is 1. The van der Waals surface area contributed by atoms with Crippen molar-refractivity contribution in [3.63, 3.8) is 0 Å². The number of carbonyl (C=O) groups excluding carboxylic acids is 1. The van der Waals surface area contributed by atoms with E-state index in [1.165, 1.54) is 0 Å². The molecule has 0 radical (unpaired) electrons. The minimum Gasteiger partial charge on any atom is -0.491 e. The van der Waals surface area contributed by atoms with Gasteiger partial charge in [0.1, 0.15) is 5.75 Å². The summed E-state index contributed by atoms with van der Waals surface area (Å²) in [6, 6.07) is 5.44. The van der Waals surface area contributed by atoms with Crippen molar-refractivity contribution in [2.24, 2.45) is 0 Å². The number of nitrogens with one attached hydrogen (secondary N) is 1. The molecule has 1 aromatic carbocycles. The Morgan fingerprint density at radius 2 is 2.24 bits per heavy atom. The molecule has 1 aliphatic rings. The molecule has 0 bridgehead atoms. The van der Waals surface area contributed by atoms with E-state index in [0.29, 0.717) is 13.1 Å². The molecular weight excluding hydrogens is 268 g/mol. The maximum atomic E-state index is 12.2. The lowest BCUT2D eigenvalue weighted by Gasteiger charge is -2.30. The lowest BCUT2D eigenvalue weighted by atomic mass is 10.1.